The van der Waals surface area contributed by atoms with Gasteiger partial charge in [-0.2, -0.15) is 10.4 Å². The van der Waals surface area contributed by atoms with Gasteiger partial charge in [-0.15, -0.1) is 0 Å². The van der Waals surface area contributed by atoms with E-state index in [4.69, 9.17) is 21.4 Å². The van der Waals surface area contributed by atoms with E-state index in [0.29, 0.717) is 22.8 Å². The van der Waals surface area contributed by atoms with Crippen molar-refractivity contribution in [2.75, 3.05) is 11.6 Å². The summed E-state index contributed by atoms with van der Waals surface area (Å²) in [4.78, 5) is 12.2. The Morgan fingerprint density at radius 1 is 1.21 bits per heavy atom. The average Bonchev–Trinajstić information content (AvgIpc) is 3.24. The second kappa shape index (κ2) is 8.92. The smallest absolute Gasteiger partial charge is 0.338 e. The summed E-state index contributed by atoms with van der Waals surface area (Å²) in [6.07, 6.45) is 1.60. The van der Waals surface area contributed by atoms with Crippen molar-refractivity contribution in [3.05, 3.63) is 99.3 Å². The SMILES string of the molecule is CCOC(=O)c1ccc2c(c1)CC[C@H]1C2=NN(c2ccc(C#N)c(Cl)c2)[C@H]1c1ccc(F)cc1. The summed E-state index contributed by atoms with van der Waals surface area (Å²) in [5.74, 6) is -0.559. The van der Waals surface area contributed by atoms with Crippen molar-refractivity contribution in [1.82, 2.24) is 0 Å². The van der Waals surface area contributed by atoms with Gasteiger partial charge >= 0.3 is 5.97 Å². The van der Waals surface area contributed by atoms with Crippen LogP contribution in [-0.4, -0.2) is 18.3 Å². The predicted molar refractivity (Wildman–Crippen MR) is 129 cm³/mol. The van der Waals surface area contributed by atoms with Gasteiger partial charge in [-0.05, 0) is 73.4 Å². The van der Waals surface area contributed by atoms with E-state index in [1.807, 2.05) is 23.2 Å². The van der Waals surface area contributed by atoms with Crippen molar-refractivity contribution in [3.8, 4) is 6.07 Å². The second-order valence-electron chi connectivity index (χ2n) is 8.34. The molecule has 0 bridgehead atoms. The average molecular weight is 474 g/mol. The number of carbonyl (C=O) groups is 1. The van der Waals surface area contributed by atoms with E-state index in [1.165, 1.54) is 12.1 Å². The summed E-state index contributed by atoms with van der Waals surface area (Å²) < 4.78 is 18.8. The van der Waals surface area contributed by atoms with Crippen LogP contribution in [0.2, 0.25) is 5.02 Å². The van der Waals surface area contributed by atoms with E-state index in [9.17, 15) is 14.4 Å². The molecule has 0 saturated carbocycles. The van der Waals surface area contributed by atoms with E-state index in [-0.39, 0.29) is 23.7 Å². The Balaban J connectivity index is 1.60. The van der Waals surface area contributed by atoms with Crippen molar-refractivity contribution in [3.63, 3.8) is 0 Å². The maximum atomic E-state index is 13.7. The molecule has 0 unspecified atom stereocenters. The van der Waals surface area contributed by atoms with Gasteiger partial charge in [0.15, 0.2) is 0 Å². The highest BCUT2D eigenvalue weighted by Gasteiger charge is 2.42. The Labute approximate surface area is 202 Å². The molecule has 3 aromatic rings. The normalized spacial score (nSPS) is 18.5. The number of hydrazone groups is 1. The zero-order valence-electron chi connectivity index (χ0n) is 18.5. The number of carbonyl (C=O) groups excluding carboxylic acids is 1. The lowest BCUT2D eigenvalue weighted by molar-refractivity contribution is 0.0526. The Bertz CT molecular complexity index is 1350. The van der Waals surface area contributed by atoms with Crippen LogP contribution in [0.3, 0.4) is 0 Å². The minimum absolute atomic E-state index is 0.0702. The van der Waals surface area contributed by atoms with Crippen LogP contribution in [0, 0.1) is 23.1 Å². The summed E-state index contributed by atoms with van der Waals surface area (Å²) in [5.41, 5.74) is 5.60. The predicted octanol–water partition coefficient (Wildman–Crippen LogP) is 6.06. The number of hydrogen-bond donors (Lipinski definition) is 0. The molecule has 0 spiro atoms. The van der Waals surface area contributed by atoms with Crippen molar-refractivity contribution in [2.45, 2.75) is 25.8 Å². The Kier molecular flexibility index (Phi) is 5.80. The summed E-state index contributed by atoms with van der Waals surface area (Å²) in [6.45, 7) is 2.11. The molecular weight excluding hydrogens is 453 g/mol. The fourth-order valence-corrected chi connectivity index (χ4v) is 5.03. The molecule has 1 aliphatic heterocycles. The first kappa shape index (κ1) is 22.1. The number of halogens is 2. The van der Waals surface area contributed by atoms with Gasteiger partial charge < -0.3 is 4.74 Å². The minimum Gasteiger partial charge on any atom is -0.462 e. The van der Waals surface area contributed by atoms with Crippen molar-refractivity contribution in [2.24, 2.45) is 11.0 Å². The number of hydrogen-bond acceptors (Lipinski definition) is 5. The molecule has 5 nitrogen and oxygen atoms in total. The topological polar surface area (TPSA) is 65.7 Å². The van der Waals surface area contributed by atoms with Crippen molar-refractivity contribution >= 4 is 29.0 Å². The van der Waals surface area contributed by atoms with Crippen LogP contribution < -0.4 is 5.01 Å². The van der Waals surface area contributed by atoms with Gasteiger partial charge in [0.25, 0.3) is 0 Å². The van der Waals surface area contributed by atoms with Crippen LogP contribution in [0.1, 0.15) is 52.0 Å². The van der Waals surface area contributed by atoms with E-state index in [0.717, 1.165) is 40.9 Å². The van der Waals surface area contributed by atoms with Gasteiger partial charge in [0.1, 0.15) is 11.9 Å². The molecule has 2 aliphatic rings. The number of anilines is 1. The molecule has 0 fully saturated rings. The summed E-state index contributed by atoms with van der Waals surface area (Å²) >= 11 is 6.34. The molecular formula is C27H21ClFN3O2. The quantitative estimate of drug-likeness (QED) is 0.432. The molecule has 0 radical (unpaired) electrons. The molecule has 5 rings (SSSR count). The summed E-state index contributed by atoms with van der Waals surface area (Å²) in [6, 6.07) is 19.3. The highest BCUT2D eigenvalue weighted by atomic mass is 35.5. The third-order valence-electron chi connectivity index (χ3n) is 6.38. The highest BCUT2D eigenvalue weighted by Crippen LogP contribution is 2.46. The monoisotopic (exact) mass is 473 g/mol. The Morgan fingerprint density at radius 3 is 2.71 bits per heavy atom. The fraction of sp³-hybridized carbons (Fsp3) is 0.222. The molecule has 3 aromatic carbocycles. The first-order valence-corrected chi connectivity index (χ1v) is 11.5. The second-order valence-corrected chi connectivity index (χ2v) is 8.75. The number of nitrogens with zero attached hydrogens (tertiary/aromatic N) is 3. The number of rotatable bonds is 4. The molecule has 34 heavy (non-hydrogen) atoms. The lowest BCUT2D eigenvalue weighted by Crippen LogP contribution is -2.29. The lowest BCUT2D eigenvalue weighted by atomic mass is 9.77. The molecule has 1 heterocycles. The molecule has 0 saturated heterocycles. The van der Waals surface area contributed by atoms with Crippen LogP contribution in [0.4, 0.5) is 10.1 Å². The van der Waals surface area contributed by atoms with Gasteiger partial charge in [0.05, 0.1) is 40.2 Å². The largest absolute Gasteiger partial charge is 0.462 e. The zero-order chi connectivity index (χ0) is 23.8. The van der Waals surface area contributed by atoms with Crippen molar-refractivity contribution < 1.29 is 13.9 Å². The molecule has 0 amide bonds. The maximum Gasteiger partial charge on any atom is 0.338 e. The van der Waals surface area contributed by atoms with Gasteiger partial charge in [-0.3, -0.25) is 5.01 Å². The Hall–Kier alpha value is -3.69. The van der Waals surface area contributed by atoms with Gasteiger partial charge in [0.2, 0.25) is 0 Å². The summed E-state index contributed by atoms with van der Waals surface area (Å²) in [7, 11) is 0. The standard InChI is InChI=1S/C27H21ClFN3O2/c1-2-34-27(33)18-7-11-22-17(13-18)6-12-23-25(22)31-32(21-10-5-19(15-30)24(28)14-21)26(23)16-3-8-20(29)9-4-16/h3-5,7-11,13-14,23,26H,2,6,12H2,1H3/t23-,26-/m0/s1. The minimum atomic E-state index is -0.334. The van der Waals surface area contributed by atoms with Crippen LogP contribution >= 0.6 is 11.6 Å². The number of aryl methyl sites for hydroxylation is 1. The third kappa shape index (κ3) is 3.82. The van der Waals surface area contributed by atoms with E-state index in [1.54, 1.807) is 37.3 Å². The number of fused-ring (bicyclic) bond motifs is 3. The first-order chi connectivity index (χ1) is 16.5. The first-order valence-electron chi connectivity index (χ1n) is 11.1. The number of esters is 1. The fourth-order valence-electron chi connectivity index (χ4n) is 4.81. The third-order valence-corrected chi connectivity index (χ3v) is 6.69. The van der Waals surface area contributed by atoms with Crippen LogP contribution in [-0.2, 0) is 11.2 Å². The molecule has 2 atom stereocenters. The van der Waals surface area contributed by atoms with Crippen LogP contribution in [0.25, 0.3) is 0 Å². The van der Waals surface area contributed by atoms with Crippen LogP contribution in [0.5, 0.6) is 0 Å². The maximum absolute atomic E-state index is 13.7. The molecule has 0 aromatic heterocycles. The van der Waals surface area contributed by atoms with E-state index >= 15 is 0 Å². The van der Waals surface area contributed by atoms with Gasteiger partial charge in [0, 0.05) is 11.5 Å². The Morgan fingerprint density at radius 2 is 2.00 bits per heavy atom. The molecule has 1 aliphatic carbocycles. The van der Waals surface area contributed by atoms with Gasteiger partial charge in [-0.1, -0.05) is 29.8 Å². The lowest BCUT2D eigenvalue weighted by Gasteiger charge is -2.31. The van der Waals surface area contributed by atoms with E-state index < -0.39 is 0 Å². The molecule has 170 valence electrons. The van der Waals surface area contributed by atoms with Crippen molar-refractivity contribution in [1.29, 1.82) is 5.26 Å². The number of ether oxygens (including phenoxy) is 1. The van der Waals surface area contributed by atoms with Gasteiger partial charge in [-0.25, -0.2) is 9.18 Å². The summed E-state index contributed by atoms with van der Waals surface area (Å²) in [5, 5.41) is 16.5. The molecule has 7 heteroatoms. The molecule has 0 N–H and O–H groups in total. The zero-order valence-corrected chi connectivity index (χ0v) is 19.2. The highest BCUT2D eigenvalue weighted by molar-refractivity contribution is 6.32. The van der Waals surface area contributed by atoms with E-state index in [2.05, 4.69) is 6.07 Å². The number of nitriles is 1. The number of benzene rings is 3. The van der Waals surface area contributed by atoms with Crippen LogP contribution in [0.15, 0.2) is 65.8 Å².